The Hall–Kier alpha value is -2.36. The average Bonchev–Trinajstić information content (AvgIpc) is 2.38. The molecule has 0 unspecified atom stereocenters. The molecule has 0 aliphatic carbocycles. The zero-order valence-electron chi connectivity index (χ0n) is 10.6. The van der Waals surface area contributed by atoms with E-state index in [0.29, 0.717) is 0 Å². The highest BCUT2D eigenvalue weighted by Gasteiger charge is 2.04. The summed E-state index contributed by atoms with van der Waals surface area (Å²) in [5.41, 5.74) is 17.3. The van der Waals surface area contributed by atoms with Crippen LogP contribution in [0.15, 0.2) is 36.4 Å². The predicted molar refractivity (Wildman–Crippen MR) is 79.8 cm³/mol. The molecule has 0 heterocycles. The van der Waals surface area contributed by atoms with Crippen LogP contribution in [0.4, 0.5) is 22.7 Å². The van der Waals surface area contributed by atoms with Crippen molar-refractivity contribution in [1.82, 2.24) is 0 Å². The normalized spacial score (nSPS) is 10.1. The van der Waals surface area contributed by atoms with Gasteiger partial charge >= 0.3 is 0 Å². The molecule has 0 saturated carbocycles. The van der Waals surface area contributed by atoms with Gasteiger partial charge in [-0.3, -0.25) is 0 Å². The molecule has 18 heavy (non-hydrogen) atoms. The van der Waals surface area contributed by atoms with Gasteiger partial charge in [0.25, 0.3) is 0 Å². The van der Waals surface area contributed by atoms with Gasteiger partial charge in [0.15, 0.2) is 0 Å². The van der Waals surface area contributed by atoms with Crippen LogP contribution in [-0.4, -0.2) is 14.1 Å². The first-order valence-corrected chi connectivity index (χ1v) is 5.80. The van der Waals surface area contributed by atoms with Crippen LogP contribution < -0.4 is 22.1 Å². The van der Waals surface area contributed by atoms with Crippen LogP contribution >= 0.6 is 0 Å². The van der Waals surface area contributed by atoms with E-state index in [-0.39, 0.29) is 0 Å². The molecule has 6 N–H and O–H groups in total. The van der Waals surface area contributed by atoms with Crippen LogP contribution in [-0.2, 0) is 0 Å². The van der Waals surface area contributed by atoms with E-state index < -0.39 is 0 Å². The predicted octanol–water partition coefficient (Wildman–Crippen LogP) is 2.60. The van der Waals surface area contributed by atoms with Crippen molar-refractivity contribution in [2.24, 2.45) is 0 Å². The molecule has 4 nitrogen and oxygen atoms in total. The van der Waals surface area contributed by atoms with Crippen molar-refractivity contribution in [1.29, 1.82) is 0 Å². The van der Waals surface area contributed by atoms with E-state index >= 15 is 0 Å². The minimum absolute atomic E-state index is 0.728. The monoisotopic (exact) mass is 242 g/mol. The molecule has 0 amide bonds. The zero-order valence-corrected chi connectivity index (χ0v) is 10.6. The molecule has 0 fully saturated rings. The SMILES string of the molecule is CNc1ccc(-c2ccc(NC)c(N)c2)cc1N. The Morgan fingerprint density at radius 3 is 1.39 bits per heavy atom. The van der Waals surface area contributed by atoms with Crippen molar-refractivity contribution in [3.8, 4) is 11.1 Å². The van der Waals surface area contributed by atoms with Gasteiger partial charge in [-0.2, -0.15) is 0 Å². The van der Waals surface area contributed by atoms with Crippen molar-refractivity contribution < 1.29 is 0 Å². The van der Waals surface area contributed by atoms with Crippen molar-refractivity contribution in [2.45, 2.75) is 0 Å². The van der Waals surface area contributed by atoms with Gasteiger partial charge in [-0.25, -0.2) is 0 Å². The van der Waals surface area contributed by atoms with E-state index in [1.165, 1.54) is 0 Å². The Bertz CT molecular complexity index is 512. The summed E-state index contributed by atoms with van der Waals surface area (Å²) in [5, 5.41) is 6.09. The van der Waals surface area contributed by atoms with Crippen LogP contribution in [0.3, 0.4) is 0 Å². The zero-order chi connectivity index (χ0) is 13.1. The molecular formula is C14H18N4. The Balaban J connectivity index is 2.42. The second-order valence-electron chi connectivity index (χ2n) is 4.10. The summed E-state index contributed by atoms with van der Waals surface area (Å²) >= 11 is 0. The third-order valence-corrected chi connectivity index (χ3v) is 2.98. The van der Waals surface area contributed by atoms with Gasteiger partial charge in [0, 0.05) is 14.1 Å². The lowest BCUT2D eigenvalue weighted by Crippen LogP contribution is -1.97. The summed E-state index contributed by atoms with van der Waals surface area (Å²) in [6.45, 7) is 0. The Kier molecular flexibility index (Phi) is 3.28. The highest BCUT2D eigenvalue weighted by Crippen LogP contribution is 2.30. The Morgan fingerprint density at radius 2 is 1.11 bits per heavy atom. The lowest BCUT2D eigenvalue weighted by Gasteiger charge is -2.10. The summed E-state index contributed by atoms with van der Waals surface area (Å²) in [7, 11) is 3.70. The molecule has 2 rings (SSSR count). The number of nitrogen functional groups attached to an aromatic ring is 2. The first-order valence-electron chi connectivity index (χ1n) is 5.80. The van der Waals surface area contributed by atoms with E-state index in [1.807, 2.05) is 50.5 Å². The number of nitrogens with one attached hydrogen (secondary N) is 2. The van der Waals surface area contributed by atoms with Crippen LogP contribution in [0, 0.1) is 0 Å². The number of nitrogens with two attached hydrogens (primary N) is 2. The van der Waals surface area contributed by atoms with E-state index in [0.717, 1.165) is 33.9 Å². The smallest absolute Gasteiger partial charge is 0.0571 e. The first-order chi connectivity index (χ1) is 8.65. The van der Waals surface area contributed by atoms with Gasteiger partial charge in [-0.05, 0) is 35.4 Å². The van der Waals surface area contributed by atoms with Gasteiger partial charge in [0.1, 0.15) is 0 Å². The highest BCUT2D eigenvalue weighted by molar-refractivity contribution is 5.80. The highest BCUT2D eigenvalue weighted by atomic mass is 14.9. The summed E-state index contributed by atoms with van der Waals surface area (Å²) in [5.74, 6) is 0. The molecule has 0 atom stereocenters. The number of benzene rings is 2. The number of rotatable bonds is 3. The molecule has 0 bridgehead atoms. The third-order valence-electron chi connectivity index (χ3n) is 2.98. The van der Waals surface area contributed by atoms with E-state index in [9.17, 15) is 0 Å². The maximum absolute atomic E-state index is 5.96. The fraction of sp³-hybridized carbons (Fsp3) is 0.143. The molecule has 94 valence electrons. The van der Waals surface area contributed by atoms with E-state index in [2.05, 4.69) is 10.6 Å². The summed E-state index contributed by atoms with van der Waals surface area (Å²) in [6.07, 6.45) is 0. The van der Waals surface area contributed by atoms with Gasteiger partial charge in [-0.1, -0.05) is 12.1 Å². The molecule has 0 saturated heterocycles. The van der Waals surface area contributed by atoms with E-state index in [4.69, 9.17) is 11.5 Å². The van der Waals surface area contributed by atoms with Crippen molar-refractivity contribution in [3.05, 3.63) is 36.4 Å². The van der Waals surface area contributed by atoms with Crippen LogP contribution in [0.25, 0.3) is 11.1 Å². The molecule has 2 aromatic rings. The summed E-state index contributed by atoms with van der Waals surface area (Å²) in [4.78, 5) is 0. The molecule has 0 radical (unpaired) electrons. The quantitative estimate of drug-likeness (QED) is 0.624. The standard InChI is InChI=1S/C14H18N4/c1-17-13-5-3-9(7-11(13)15)10-4-6-14(18-2)12(16)8-10/h3-8,17-18H,15-16H2,1-2H3. The Morgan fingerprint density at radius 1 is 0.722 bits per heavy atom. The lowest BCUT2D eigenvalue weighted by molar-refractivity contribution is 1.49. The topological polar surface area (TPSA) is 76.1 Å². The second-order valence-corrected chi connectivity index (χ2v) is 4.10. The van der Waals surface area contributed by atoms with Crippen molar-refractivity contribution in [3.63, 3.8) is 0 Å². The number of hydrogen-bond donors (Lipinski definition) is 4. The molecule has 0 aliphatic rings. The summed E-state index contributed by atoms with van der Waals surface area (Å²) < 4.78 is 0. The largest absolute Gasteiger partial charge is 0.397 e. The maximum Gasteiger partial charge on any atom is 0.0571 e. The minimum atomic E-state index is 0.728. The number of anilines is 4. The van der Waals surface area contributed by atoms with Gasteiger partial charge < -0.3 is 22.1 Å². The average molecular weight is 242 g/mol. The molecule has 0 aliphatic heterocycles. The van der Waals surface area contributed by atoms with Crippen LogP contribution in [0.1, 0.15) is 0 Å². The van der Waals surface area contributed by atoms with Gasteiger partial charge in [0.2, 0.25) is 0 Å². The Labute approximate surface area is 107 Å². The molecule has 0 aromatic heterocycles. The lowest BCUT2D eigenvalue weighted by atomic mass is 10.0. The first kappa shape index (κ1) is 12.1. The number of hydrogen-bond acceptors (Lipinski definition) is 4. The van der Waals surface area contributed by atoms with Crippen molar-refractivity contribution in [2.75, 3.05) is 36.2 Å². The molecule has 2 aromatic carbocycles. The summed E-state index contributed by atoms with van der Waals surface area (Å²) in [6, 6.07) is 11.9. The molecule has 0 spiro atoms. The minimum Gasteiger partial charge on any atom is -0.397 e. The fourth-order valence-electron chi connectivity index (χ4n) is 1.94. The van der Waals surface area contributed by atoms with Gasteiger partial charge in [-0.15, -0.1) is 0 Å². The van der Waals surface area contributed by atoms with E-state index in [1.54, 1.807) is 0 Å². The molecule has 4 heteroatoms. The molecular weight excluding hydrogens is 224 g/mol. The fourth-order valence-corrected chi connectivity index (χ4v) is 1.94. The van der Waals surface area contributed by atoms with Crippen LogP contribution in [0.5, 0.6) is 0 Å². The maximum atomic E-state index is 5.96. The third kappa shape index (κ3) is 2.18. The van der Waals surface area contributed by atoms with Gasteiger partial charge in [0.05, 0.1) is 22.7 Å². The second kappa shape index (κ2) is 4.87. The van der Waals surface area contributed by atoms with Crippen LogP contribution in [0.2, 0.25) is 0 Å². The van der Waals surface area contributed by atoms with Crippen molar-refractivity contribution >= 4 is 22.7 Å².